The van der Waals surface area contributed by atoms with Crippen LogP contribution in [-0.4, -0.2) is 29.0 Å². The number of hydrogen-bond acceptors (Lipinski definition) is 3. The maximum Gasteiger partial charge on any atom is 0.268 e. The van der Waals surface area contributed by atoms with E-state index in [9.17, 15) is 18.4 Å². The predicted octanol–water partition coefficient (Wildman–Crippen LogP) is 4.86. The van der Waals surface area contributed by atoms with E-state index in [1.54, 1.807) is 29.2 Å². The zero-order valence-electron chi connectivity index (χ0n) is 17.3. The number of hydrogen-bond donors (Lipinski definition) is 0. The second kappa shape index (κ2) is 7.74. The minimum atomic E-state index is -1.25. The van der Waals surface area contributed by atoms with Crippen LogP contribution in [0.4, 0.5) is 14.5 Å². The number of halogens is 2. The minimum Gasteiger partial charge on any atom is -0.311 e. The summed E-state index contributed by atoms with van der Waals surface area (Å²) in [6.07, 6.45) is 0. The summed E-state index contributed by atoms with van der Waals surface area (Å²) in [6, 6.07) is 18.1. The van der Waals surface area contributed by atoms with E-state index in [4.69, 9.17) is 0 Å². The number of thioether (sulfide) groups is 1. The molecule has 0 saturated carbocycles. The van der Waals surface area contributed by atoms with Crippen LogP contribution >= 0.6 is 11.8 Å². The van der Waals surface area contributed by atoms with Crippen LogP contribution in [-0.2, 0) is 16.2 Å². The molecule has 3 aromatic rings. The number of aryl methyl sites for hydroxylation is 1. The summed E-state index contributed by atoms with van der Waals surface area (Å²) in [5.41, 5.74) is 2.60. The zero-order valence-corrected chi connectivity index (χ0v) is 18.2. The Labute approximate surface area is 188 Å². The average Bonchev–Trinajstić information content (AvgIpc) is 3.33. The smallest absolute Gasteiger partial charge is 0.268 e. The van der Waals surface area contributed by atoms with E-state index < -0.39 is 16.5 Å². The van der Waals surface area contributed by atoms with Gasteiger partial charge in [-0.05, 0) is 37.3 Å². The third kappa shape index (κ3) is 3.03. The number of anilines is 1. The lowest BCUT2D eigenvalue weighted by Gasteiger charge is -2.33. The van der Waals surface area contributed by atoms with E-state index in [2.05, 4.69) is 0 Å². The number of amides is 2. The number of fused-ring (bicyclic) bond motifs is 2. The Morgan fingerprint density at radius 1 is 1.00 bits per heavy atom. The summed E-state index contributed by atoms with van der Waals surface area (Å²) < 4.78 is 28.8. The van der Waals surface area contributed by atoms with Gasteiger partial charge in [-0.1, -0.05) is 42.0 Å². The predicted molar refractivity (Wildman–Crippen MR) is 120 cm³/mol. The van der Waals surface area contributed by atoms with Crippen molar-refractivity contribution in [3.63, 3.8) is 0 Å². The SMILES string of the molecule is Cc1ccc(C(=O)N2CCS[C@]23C(=O)N(Cc2c(F)cccc2F)c2ccccc23)cc1. The summed E-state index contributed by atoms with van der Waals surface area (Å²) >= 11 is 1.39. The van der Waals surface area contributed by atoms with Crippen molar-refractivity contribution >= 4 is 29.3 Å². The standard InChI is InChI=1S/C25H20F2N2O2S/c1-16-9-11-17(12-10-16)23(30)29-13-14-32-25(29)19-5-2-3-8-22(19)28(24(25)31)15-18-20(26)6-4-7-21(18)27/h2-12H,13-15H2,1H3/t25-/m1/s1. The number of nitrogens with zero attached hydrogens (tertiary/aromatic N) is 2. The van der Waals surface area contributed by atoms with E-state index in [-0.39, 0.29) is 23.9 Å². The third-order valence-electron chi connectivity index (χ3n) is 6.02. The highest BCUT2D eigenvalue weighted by atomic mass is 32.2. The maximum absolute atomic E-state index is 14.4. The van der Waals surface area contributed by atoms with Crippen molar-refractivity contribution in [3.8, 4) is 0 Å². The quantitative estimate of drug-likeness (QED) is 0.572. The van der Waals surface area contributed by atoms with Crippen molar-refractivity contribution in [1.29, 1.82) is 0 Å². The molecule has 3 aromatic carbocycles. The highest BCUT2D eigenvalue weighted by Crippen LogP contribution is 2.54. The second-order valence-corrected chi connectivity index (χ2v) is 9.21. The number of para-hydroxylation sites is 1. The fourth-order valence-corrected chi connectivity index (χ4v) is 5.88. The van der Waals surface area contributed by atoms with E-state index in [0.29, 0.717) is 29.1 Å². The summed E-state index contributed by atoms with van der Waals surface area (Å²) in [5, 5.41) is 0. The topological polar surface area (TPSA) is 40.6 Å². The molecule has 162 valence electrons. The van der Waals surface area contributed by atoms with E-state index in [0.717, 1.165) is 5.56 Å². The minimum absolute atomic E-state index is 0.174. The van der Waals surface area contributed by atoms with E-state index in [1.165, 1.54) is 34.9 Å². The molecule has 0 radical (unpaired) electrons. The molecule has 0 N–H and O–H groups in total. The van der Waals surface area contributed by atoms with Crippen molar-refractivity contribution in [2.24, 2.45) is 0 Å². The first-order valence-corrected chi connectivity index (χ1v) is 11.3. The molecule has 5 rings (SSSR count). The van der Waals surface area contributed by atoms with Gasteiger partial charge in [-0.2, -0.15) is 0 Å². The van der Waals surface area contributed by atoms with Crippen LogP contribution in [0.15, 0.2) is 66.7 Å². The molecular weight excluding hydrogens is 430 g/mol. The molecule has 1 saturated heterocycles. The summed E-state index contributed by atoms with van der Waals surface area (Å²) in [6.45, 7) is 2.10. The number of carbonyl (C=O) groups excluding carboxylic acids is 2. The molecule has 0 unspecified atom stereocenters. The van der Waals surface area contributed by atoms with Crippen LogP contribution in [0.5, 0.6) is 0 Å². The Morgan fingerprint density at radius 2 is 1.69 bits per heavy atom. The van der Waals surface area contributed by atoms with Crippen molar-refractivity contribution in [1.82, 2.24) is 4.90 Å². The first-order chi connectivity index (χ1) is 15.4. The Hall–Kier alpha value is -3.19. The molecule has 1 fully saturated rings. The van der Waals surface area contributed by atoms with Crippen LogP contribution in [0.3, 0.4) is 0 Å². The Morgan fingerprint density at radius 3 is 2.41 bits per heavy atom. The van der Waals surface area contributed by atoms with Gasteiger partial charge in [-0.25, -0.2) is 8.78 Å². The van der Waals surface area contributed by atoms with Gasteiger partial charge in [0, 0.05) is 29.0 Å². The second-order valence-electron chi connectivity index (χ2n) is 7.92. The molecule has 1 spiro atoms. The number of carbonyl (C=O) groups is 2. The molecule has 2 aliphatic heterocycles. The molecular formula is C25H20F2N2O2S. The molecule has 2 heterocycles. The average molecular weight is 451 g/mol. The van der Waals surface area contributed by atoms with Crippen molar-refractivity contribution in [2.75, 3.05) is 17.2 Å². The largest absolute Gasteiger partial charge is 0.311 e. The van der Waals surface area contributed by atoms with E-state index in [1.807, 2.05) is 31.2 Å². The van der Waals surface area contributed by atoms with Crippen LogP contribution in [0.25, 0.3) is 0 Å². The van der Waals surface area contributed by atoms with Gasteiger partial charge >= 0.3 is 0 Å². The fourth-order valence-electron chi connectivity index (χ4n) is 4.42. The van der Waals surface area contributed by atoms with Crippen LogP contribution < -0.4 is 4.90 Å². The first-order valence-electron chi connectivity index (χ1n) is 10.3. The van der Waals surface area contributed by atoms with Gasteiger partial charge in [-0.3, -0.25) is 9.59 Å². The van der Waals surface area contributed by atoms with Gasteiger partial charge in [0.25, 0.3) is 11.8 Å². The lowest BCUT2D eigenvalue weighted by molar-refractivity contribution is -0.123. The van der Waals surface area contributed by atoms with Crippen molar-refractivity contribution < 1.29 is 18.4 Å². The molecule has 4 nitrogen and oxygen atoms in total. The van der Waals surface area contributed by atoms with Gasteiger partial charge < -0.3 is 9.80 Å². The number of rotatable bonds is 3. The molecule has 1 atom stereocenters. The van der Waals surface area contributed by atoms with Crippen LogP contribution in [0.1, 0.15) is 27.0 Å². The fraction of sp³-hybridized carbons (Fsp3) is 0.200. The summed E-state index contributed by atoms with van der Waals surface area (Å²) in [5.74, 6) is -1.42. The van der Waals surface area contributed by atoms with Gasteiger partial charge in [0.05, 0.1) is 12.2 Å². The molecule has 7 heteroatoms. The molecule has 32 heavy (non-hydrogen) atoms. The van der Waals surface area contributed by atoms with Gasteiger partial charge in [0.15, 0.2) is 4.87 Å². The van der Waals surface area contributed by atoms with Crippen LogP contribution in [0.2, 0.25) is 0 Å². The van der Waals surface area contributed by atoms with Crippen molar-refractivity contribution in [3.05, 3.63) is 101 Å². The zero-order chi connectivity index (χ0) is 22.5. The molecule has 0 bridgehead atoms. The van der Waals surface area contributed by atoms with Gasteiger partial charge in [0.1, 0.15) is 11.6 Å². The van der Waals surface area contributed by atoms with Crippen molar-refractivity contribution in [2.45, 2.75) is 18.3 Å². The first kappa shape index (κ1) is 20.7. The Kier molecular flexibility index (Phi) is 5.01. The van der Waals surface area contributed by atoms with Gasteiger partial charge in [0.2, 0.25) is 0 Å². The van der Waals surface area contributed by atoms with E-state index >= 15 is 0 Å². The normalized spacial score (nSPS) is 19.7. The summed E-state index contributed by atoms with van der Waals surface area (Å²) in [4.78, 5) is 29.1. The molecule has 2 amide bonds. The molecule has 2 aliphatic rings. The summed E-state index contributed by atoms with van der Waals surface area (Å²) in [7, 11) is 0. The van der Waals surface area contributed by atoms with Crippen LogP contribution in [0, 0.1) is 18.6 Å². The van der Waals surface area contributed by atoms with Gasteiger partial charge in [-0.15, -0.1) is 11.8 Å². The maximum atomic E-state index is 14.4. The molecule has 0 aromatic heterocycles. The monoisotopic (exact) mass is 450 g/mol. The lowest BCUT2D eigenvalue weighted by atomic mass is 10.0. The Bertz CT molecular complexity index is 1210. The Balaban J connectivity index is 1.59. The molecule has 0 aliphatic carbocycles. The highest BCUT2D eigenvalue weighted by molar-refractivity contribution is 8.01. The highest BCUT2D eigenvalue weighted by Gasteiger charge is 2.59. The third-order valence-corrected chi connectivity index (χ3v) is 7.44. The number of benzene rings is 3. The lowest BCUT2D eigenvalue weighted by Crippen LogP contribution is -2.50.